The van der Waals surface area contributed by atoms with Gasteiger partial charge in [-0.05, 0) is 55.5 Å². The summed E-state index contributed by atoms with van der Waals surface area (Å²) in [5.41, 5.74) is 3.67. The number of carbonyl (C=O) groups excluding carboxylic acids is 1. The minimum atomic E-state index is -0.375. The van der Waals surface area contributed by atoms with Gasteiger partial charge in [-0.25, -0.2) is 0 Å². The molecule has 4 aromatic rings. The van der Waals surface area contributed by atoms with Gasteiger partial charge >= 0.3 is 0 Å². The summed E-state index contributed by atoms with van der Waals surface area (Å²) in [7, 11) is 3.96. The van der Waals surface area contributed by atoms with Crippen LogP contribution in [0.1, 0.15) is 6.92 Å². The van der Waals surface area contributed by atoms with Crippen molar-refractivity contribution in [1.82, 2.24) is 19.7 Å². The average Bonchev–Trinajstić information content (AvgIpc) is 3.24. The van der Waals surface area contributed by atoms with Crippen LogP contribution in [0.3, 0.4) is 0 Å². The van der Waals surface area contributed by atoms with Gasteiger partial charge in [0.05, 0.1) is 5.25 Å². The van der Waals surface area contributed by atoms with E-state index >= 15 is 0 Å². The third kappa shape index (κ3) is 4.81. The molecule has 7 nitrogen and oxygen atoms in total. The number of aromatic nitrogens is 4. The van der Waals surface area contributed by atoms with E-state index in [1.165, 1.54) is 11.8 Å². The van der Waals surface area contributed by atoms with Gasteiger partial charge in [-0.15, -0.1) is 10.2 Å². The molecule has 0 saturated carbocycles. The van der Waals surface area contributed by atoms with Gasteiger partial charge in [0, 0.05) is 49.1 Å². The Labute approximate surface area is 191 Å². The second kappa shape index (κ2) is 9.65. The predicted molar refractivity (Wildman–Crippen MR) is 129 cm³/mol. The number of anilines is 2. The van der Waals surface area contributed by atoms with Crippen molar-refractivity contribution >= 4 is 29.0 Å². The number of pyridine rings is 1. The van der Waals surface area contributed by atoms with Crippen molar-refractivity contribution < 1.29 is 4.79 Å². The van der Waals surface area contributed by atoms with E-state index in [0.717, 1.165) is 22.6 Å². The molecule has 0 aliphatic rings. The Morgan fingerprint density at radius 1 is 0.969 bits per heavy atom. The number of nitrogens with one attached hydrogen (secondary N) is 1. The SMILES string of the molecule is C[C@@H](Sc1nnc(-c2ccncc2)n1-c1ccccc1)C(=O)Nc1ccc(N(C)C)cc1. The van der Waals surface area contributed by atoms with Crippen molar-refractivity contribution in [3.63, 3.8) is 0 Å². The fourth-order valence-corrected chi connectivity index (χ4v) is 4.01. The molecule has 8 heteroatoms. The molecular formula is C24H24N6OS. The molecule has 0 aliphatic heterocycles. The molecule has 0 aliphatic carbocycles. The minimum Gasteiger partial charge on any atom is -0.378 e. The summed E-state index contributed by atoms with van der Waals surface area (Å²) in [6.45, 7) is 1.87. The molecule has 2 aromatic carbocycles. The fraction of sp³-hybridized carbons (Fsp3) is 0.167. The van der Waals surface area contributed by atoms with Gasteiger partial charge in [0.15, 0.2) is 11.0 Å². The van der Waals surface area contributed by atoms with Crippen molar-refractivity contribution in [2.75, 3.05) is 24.3 Å². The lowest BCUT2D eigenvalue weighted by atomic mass is 10.2. The van der Waals surface area contributed by atoms with Gasteiger partial charge < -0.3 is 10.2 Å². The Hall–Kier alpha value is -3.65. The van der Waals surface area contributed by atoms with Crippen LogP contribution in [0.15, 0.2) is 84.3 Å². The topological polar surface area (TPSA) is 75.9 Å². The summed E-state index contributed by atoms with van der Waals surface area (Å²) in [4.78, 5) is 19.0. The number of para-hydroxylation sites is 1. The molecule has 0 spiro atoms. The van der Waals surface area contributed by atoms with E-state index in [2.05, 4.69) is 20.5 Å². The quantitative estimate of drug-likeness (QED) is 0.423. The van der Waals surface area contributed by atoms with Crippen LogP contribution in [0.25, 0.3) is 17.1 Å². The Balaban J connectivity index is 1.57. The highest BCUT2D eigenvalue weighted by molar-refractivity contribution is 8.00. The first kappa shape index (κ1) is 21.6. The van der Waals surface area contributed by atoms with Gasteiger partial charge in [-0.1, -0.05) is 30.0 Å². The van der Waals surface area contributed by atoms with Crippen LogP contribution < -0.4 is 10.2 Å². The number of rotatable bonds is 7. The van der Waals surface area contributed by atoms with Crippen LogP contribution in [0.5, 0.6) is 0 Å². The lowest BCUT2D eigenvalue weighted by Gasteiger charge is -2.15. The third-order valence-electron chi connectivity index (χ3n) is 4.89. The molecule has 0 fully saturated rings. The number of nitrogens with zero attached hydrogens (tertiary/aromatic N) is 5. The van der Waals surface area contributed by atoms with Gasteiger partial charge in [-0.2, -0.15) is 0 Å². The second-order valence-electron chi connectivity index (χ2n) is 7.40. The summed E-state index contributed by atoms with van der Waals surface area (Å²) in [6.07, 6.45) is 3.45. The van der Waals surface area contributed by atoms with Crippen LogP contribution in [-0.4, -0.2) is 45.0 Å². The van der Waals surface area contributed by atoms with E-state index in [1.54, 1.807) is 12.4 Å². The van der Waals surface area contributed by atoms with E-state index in [0.29, 0.717) is 11.0 Å². The molecule has 1 N–H and O–H groups in total. The standard InChI is InChI=1S/C24H24N6OS/c1-17(23(31)26-19-9-11-20(12-10-19)29(2)3)32-24-28-27-22(18-13-15-25-16-14-18)30(24)21-7-5-4-6-8-21/h4-17H,1-3H3,(H,26,31)/t17-/m1/s1. The number of thioether (sulfide) groups is 1. The Bertz CT molecular complexity index is 1180. The summed E-state index contributed by atoms with van der Waals surface area (Å²) in [5, 5.41) is 12.1. The predicted octanol–water partition coefficient (Wildman–Crippen LogP) is 4.51. The molecular weight excluding hydrogens is 420 g/mol. The summed E-state index contributed by atoms with van der Waals surface area (Å²) >= 11 is 1.37. The normalized spacial score (nSPS) is 11.7. The highest BCUT2D eigenvalue weighted by Crippen LogP contribution is 2.30. The smallest absolute Gasteiger partial charge is 0.237 e. The van der Waals surface area contributed by atoms with E-state index in [1.807, 2.05) is 97.2 Å². The van der Waals surface area contributed by atoms with Crippen LogP contribution in [0.2, 0.25) is 0 Å². The first-order valence-corrected chi connectivity index (χ1v) is 11.1. The first-order chi connectivity index (χ1) is 15.5. The highest BCUT2D eigenvalue weighted by Gasteiger charge is 2.22. The molecule has 0 saturated heterocycles. The van der Waals surface area contributed by atoms with Gasteiger partial charge in [0.1, 0.15) is 0 Å². The molecule has 2 heterocycles. The van der Waals surface area contributed by atoms with E-state index in [-0.39, 0.29) is 11.2 Å². The Morgan fingerprint density at radius 3 is 2.31 bits per heavy atom. The molecule has 32 heavy (non-hydrogen) atoms. The van der Waals surface area contributed by atoms with E-state index < -0.39 is 0 Å². The molecule has 4 rings (SSSR count). The van der Waals surface area contributed by atoms with Crippen molar-refractivity contribution in [2.24, 2.45) is 0 Å². The molecule has 0 unspecified atom stereocenters. The van der Waals surface area contributed by atoms with Crippen molar-refractivity contribution in [2.45, 2.75) is 17.3 Å². The van der Waals surface area contributed by atoms with E-state index in [4.69, 9.17) is 0 Å². The zero-order valence-electron chi connectivity index (χ0n) is 18.1. The maximum Gasteiger partial charge on any atom is 0.237 e. The van der Waals surface area contributed by atoms with Crippen LogP contribution in [0, 0.1) is 0 Å². The molecule has 1 atom stereocenters. The van der Waals surface area contributed by atoms with Crippen molar-refractivity contribution in [3.8, 4) is 17.1 Å². The van der Waals surface area contributed by atoms with Crippen LogP contribution in [0.4, 0.5) is 11.4 Å². The largest absolute Gasteiger partial charge is 0.378 e. The number of hydrogen-bond donors (Lipinski definition) is 1. The molecule has 0 radical (unpaired) electrons. The third-order valence-corrected chi connectivity index (χ3v) is 5.93. The van der Waals surface area contributed by atoms with Gasteiger partial charge in [0.25, 0.3) is 0 Å². The minimum absolute atomic E-state index is 0.0966. The maximum absolute atomic E-state index is 12.9. The van der Waals surface area contributed by atoms with Gasteiger partial charge in [-0.3, -0.25) is 14.3 Å². The lowest BCUT2D eigenvalue weighted by Crippen LogP contribution is -2.23. The zero-order valence-corrected chi connectivity index (χ0v) is 19.0. The number of amides is 1. The average molecular weight is 445 g/mol. The maximum atomic E-state index is 12.9. The van der Waals surface area contributed by atoms with Crippen molar-refractivity contribution in [3.05, 3.63) is 79.1 Å². The highest BCUT2D eigenvalue weighted by atomic mass is 32.2. The number of carbonyl (C=O) groups is 1. The fourth-order valence-electron chi connectivity index (χ4n) is 3.14. The van der Waals surface area contributed by atoms with Crippen LogP contribution >= 0.6 is 11.8 Å². The monoisotopic (exact) mass is 444 g/mol. The summed E-state index contributed by atoms with van der Waals surface area (Å²) < 4.78 is 1.97. The Kier molecular flexibility index (Phi) is 6.51. The summed E-state index contributed by atoms with van der Waals surface area (Å²) in [6, 6.07) is 21.4. The Morgan fingerprint density at radius 2 is 1.66 bits per heavy atom. The summed E-state index contributed by atoms with van der Waals surface area (Å²) in [5.74, 6) is 0.605. The molecule has 2 aromatic heterocycles. The first-order valence-electron chi connectivity index (χ1n) is 10.2. The van der Waals surface area contributed by atoms with Gasteiger partial charge in [0.2, 0.25) is 5.91 Å². The number of benzene rings is 2. The van der Waals surface area contributed by atoms with Crippen LogP contribution in [-0.2, 0) is 4.79 Å². The number of hydrogen-bond acceptors (Lipinski definition) is 6. The van der Waals surface area contributed by atoms with Crippen molar-refractivity contribution in [1.29, 1.82) is 0 Å². The lowest BCUT2D eigenvalue weighted by molar-refractivity contribution is -0.115. The second-order valence-corrected chi connectivity index (χ2v) is 8.71. The van der Waals surface area contributed by atoms with E-state index in [9.17, 15) is 4.79 Å². The molecule has 0 bridgehead atoms. The zero-order chi connectivity index (χ0) is 22.5. The molecule has 1 amide bonds. The molecule has 162 valence electrons.